The van der Waals surface area contributed by atoms with E-state index in [-0.39, 0.29) is 0 Å². The third-order valence-electron chi connectivity index (χ3n) is 5.64. The molecular formula is C25H58N6. The van der Waals surface area contributed by atoms with Crippen molar-refractivity contribution in [1.82, 2.24) is 26.6 Å². The second kappa shape index (κ2) is 29.8. The van der Waals surface area contributed by atoms with Gasteiger partial charge in [-0.3, -0.25) is 0 Å². The Morgan fingerprint density at radius 3 is 0.903 bits per heavy atom. The summed E-state index contributed by atoms with van der Waals surface area (Å²) in [5.74, 6) is 0. The van der Waals surface area contributed by atoms with Crippen molar-refractivity contribution in [3.05, 3.63) is 0 Å². The van der Waals surface area contributed by atoms with Crippen LogP contribution in [0, 0.1) is 0 Å². The van der Waals surface area contributed by atoms with Crippen LogP contribution in [0.15, 0.2) is 0 Å². The topological polar surface area (TPSA) is 86.2 Å². The summed E-state index contributed by atoms with van der Waals surface area (Å²) >= 11 is 0. The van der Waals surface area contributed by atoms with E-state index in [4.69, 9.17) is 5.73 Å². The molecule has 31 heavy (non-hydrogen) atoms. The first-order valence-corrected chi connectivity index (χ1v) is 13.7. The molecule has 0 aromatic heterocycles. The lowest BCUT2D eigenvalue weighted by molar-refractivity contribution is 0.531. The normalized spacial score (nSPS) is 11.4. The van der Waals surface area contributed by atoms with Crippen molar-refractivity contribution in [2.24, 2.45) is 5.73 Å². The Kier molecular flexibility index (Phi) is 29.5. The summed E-state index contributed by atoms with van der Waals surface area (Å²) in [4.78, 5) is 0. The summed E-state index contributed by atoms with van der Waals surface area (Å²) in [6.45, 7) is 14.6. The van der Waals surface area contributed by atoms with Crippen LogP contribution in [0.1, 0.15) is 90.4 Å². The van der Waals surface area contributed by atoms with E-state index < -0.39 is 0 Å². The summed E-state index contributed by atoms with van der Waals surface area (Å²) in [5, 5.41) is 17.7. The first-order chi connectivity index (χ1) is 15.4. The predicted molar refractivity (Wildman–Crippen MR) is 139 cm³/mol. The van der Waals surface area contributed by atoms with Gasteiger partial charge in [0.15, 0.2) is 0 Å². The second-order valence-corrected chi connectivity index (χ2v) is 8.74. The van der Waals surface area contributed by atoms with Crippen molar-refractivity contribution < 1.29 is 0 Å². The third-order valence-corrected chi connectivity index (χ3v) is 5.64. The van der Waals surface area contributed by atoms with Gasteiger partial charge in [0.2, 0.25) is 0 Å². The number of nitrogens with two attached hydrogens (primary N) is 1. The van der Waals surface area contributed by atoms with Crippen molar-refractivity contribution in [2.75, 3.05) is 72.0 Å². The van der Waals surface area contributed by atoms with Crippen LogP contribution in [0.25, 0.3) is 0 Å². The molecule has 0 atom stereocenters. The van der Waals surface area contributed by atoms with Crippen LogP contribution in [0.3, 0.4) is 0 Å². The van der Waals surface area contributed by atoms with E-state index in [1.165, 1.54) is 116 Å². The molecule has 0 aliphatic carbocycles. The van der Waals surface area contributed by atoms with Crippen molar-refractivity contribution in [2.45, 2.75) is 90.4 Å². The van der Waals surface area contributed by atoms with Crippen LogP contribution < -0.4 is 32.3 Å². The number of nitrogens with one attached hydrogen (secondary N) is 5. The van der Waals surface area contributed by atoms with Gasteiger partial charge in [0.25, 0.3) is 0 Å². The zero-order valence-electron chi connectivity index (χ0n) is 21.0. The maximum atomic E-state index is 5.50. The van der Waals surface area contributed by atoms with Gasteiger partial charge >= 0.3 is 0 Å². The van der Waals surface area contributed by atoms with Crippen LogP contribution in [0.4, 0.5) is 0 Å². The molecule has 0 rings (SSSR count). The summed E-state index contributed by atoms with van der Waals surface area (Å²) < 4.78 is 0. The highest BCUT2D eigenvalue weighted by molar-refractivity contribution is 4.56. The average molecular weight is 443 g/mol. The minimum absolute atomic E-state index is 0.832. The number of hydrogen-bond acceptors (Lipinski definition) is 6. The molecule has 0 amide bonds. The summed E-state index contributed by atoms with van der Waals surface area (Å²) in [5.41, 5.74) is 5.50. The Labute approximate surface area is 195 Å². The Balaban J connectivity index is 2.98. The molecule has 0 heterocycles. The zero-order valence-corrected chi connectivity index (χ0v) is 21.0. The number of hydrogen-bond donors (Lipinski definition) is 6. The summed E-state index contributed by atoms with van der Waals surface area (Å²) in [7, 11) is 0. The molecule has 6 nitrogen and oxygen atoms in total. The highest BCUT2D eigenvalue weighted by atomic mass is 14.9. The van der Waals surface area contributed by atoms with Crippen LogP contribution in [-0.4, -0.2) is 72.0 Å². The van der Waals surface area contributed by atoms with Crippen molar-refractivity contribution in [3.8, 4) is 0 Å². The molecule has 0 spiro atoms. The Morgan fingerprint density at radius 2 is 0.613 bits per heavy atom. The molecule has 0 aromatic rings. The van der Waals surface area contributed by atoms with Gasteiger partial charge in [-0.1, -0.05) is 26.2 Å². The largest absolute Gasteiger partial charge is 0.330 e. The first-order valence-electron chi connectivity index (χ1n) is 13.7. The van der Waals surface area contributed by atoms with Crippen LogP contribution >= 0.6 is 0 Å². The molecule has 188 valence electrons. The Bertz CT molecular complexity index is 276. The smallest absolute Gasteiger partial charge is 0.00484 e. The molecule has 0 aliphatic heterocycles. The lowest BCUT2D eigenvalue weighted by Crippen LogP contribution is -2.21. The predicted octanol–water partition coefficient (Wildman–Crippen LogP) is 2.98. The van der Waals surface area contributed by atoms with Gasteiger partial charge in [0, 0.05) is 0 Å². The fourth-order valence-electron chi connectivity index (χ4n) is 3.60. The van der Waals surface area contributed by atoms with Crippen LogP contribution in [0.5, 0.6) is 0 Å². The standard InChI is InChI=1S/C25H58N6/c1-2-27-17-8-4-9-19-29-23-14-15-25-31-21-11-5-10-20-30-24-13-12-22-28-18-7-3-6-16-26/h27-31H,2-26H2,1H3. The molecule has 6 heteroatoms. The van der Waals surface area contributed by atoms with E-state index in [0.717, 1.165) is 39.1 Å². The van der Waals surface area contributed by atoms with Gasteiger partial charge in [0.1, 0.15) is 0 Å². The minimum Gasteiger partial charge on any atom is -0.330 e. The first kappa shape index (κ1) is 30.8. The zero-order chi connectivity index (χ0) is 22.5. The van der Waals surface area contributed by atoms with Gasteiger partial charge in [-0.25, -0.2) is 0 Å². The molecule has 0 bridgehead atoms. The molecule has 0 fully saturated rings. The minimum atomic E-state index is 0.832. The molecular weight excluding hydrogens is 384 g/mol. The fourth-order valence-corrected chi connectivity index (χ4v) is 3.60. The lowest BCUT2D eigenvalue weighted by atomic mass is 10.2. The van der Waals surface area contributed by atoms with Crippen molar-refractivity contribution in [1.29, 1.82) is 0 Å². The summed E-state index contributed by atoms with van der Waals surface area (Å²) in [6, 6.07) is 0. The highest BCUT2D eigenvalue weighted by Crippen LogP contribution is 1.95. The van der Waals surface area contributed by atoms with Crippen LogP contribution in [0.2, 0.25) is 0 Å². The molecule has 0 saturated carbocycles. The van der Waals surface area contributed by atoms with Crippen LogP contribution in [-0.2, 0) is 0 Å². The maximum Gasteiger partial charge on any atom is -0.00484 e. The van der Waals surface area contributed by atoms with E-state index in [0.29, 0.717) is 0 Å². The monoisotopic (exact) mass is 442 g/mol. The van der Waals surface area contributed by atoms with Gasteiger partial charge in [-0.15, -0.1) is 0 Å². The molecule has 0 aromatic carbocycles. The third kappa shape index (κ3) is 29.8. The van der Waals surface area contributed by atoms with Gasteiger partial charge in [0.05, 0.1) is 0 Å². The highest BCUT2D eigenvalue weighted by Gasteiger charge is 1.94. The maximum absolute atomic E-state index is 5.50. The van der Waals surface area contributed by atoms with E-state index in [1.807, 2.05) is 0 Å². The molecule has 0 radical (unpaired) electrons. The van der Waals surface area contributed by atoms with Gasteiger partial charge in [-0.2, -0.15) is 0 Å². The Hall–Kier alpha value is -0.240. The van der Waals surface area contributed by atoms with E-state index in [2.05, 4.69) is 33.5 Å². The SMILES string of the molecule is CCNCCCCCNCCCCNCCCCCNCCCCNCCCCCN. The fraction of sp³-hybridized carbons (Fsp3) is 1.00. The molecule has 0 aliphatic rings. The van der Waals surface area contributed by atoms with E-state index in [1.54, 1.807) is 0 Å². The lowest BCUT2D eigenvalue weighted by Gasteiger charge is -2.07. The Morgan fingerprint density at radius 1 is 0.355 bits per heavy atom. The van der Waals surface area contributed by atoms with Crippen molar-refractivity contribution >= 4 is 0 Å². The van der Waals surface area contributed by atoms with E-state index in [9.17, 15) is 0 Å². The summed E-state index contributed by atoms with van der Waals surface area (Å²) in [6.07, 6.45) is 16.7. The molecule has 7 N–H and O–H groups in total. The van der Waals surface area contributed by atoms with Crippen molar-refractivity contribution in [3.63, 3.8) is 0 Å². The second-order valence-electron chi connectivity index (χ2n) is 8.74. The molecule has 0 saturated heterocycles. The van der Waals surface area contributed by atoms with Gasteiger partial charge < -0.3 is 32.3 Å². The van der Waals surface area contributed by atoms with Gasteiger partial charge in [-0.05, 0) is 136 Å². The number of unbranched alkanes of at least 4 members (excludes halogenated alkanes) is 8. The average Bonchev–Trinajstić information content (AvgIpc) is 2.78. The molecule has 0 unspecified atom stereocenters. The number of rotatable bonds is 28. The van der Waals surface area contributed by atoms with E-state index >= 15 is 0 Å². The quantitative estimate of drug-likeness (QED) is 0.104.